The Labute approximate surface area is 525 Å². The lowest BCUT2D eigenvalue weighted by Crippen LogP contribution is -2.12. The quantitative estimate of drug-likeness (QED) is 0.0635. The van der Waals surface area contributed by atoms with Crippen molar-refractivity contribution >= 4 is 156 Å². The monoisotopic (exact) mass is 1440 g/mol. The maximum absolute atomic E-state index is 12.6. The summed E-state index contributed by atoms with van der Waals surface area (Å²) in [7, 11) is 16.9. The Kier molecular flexibility index (Phi) is 24.8. The first-order valence-corrected chi connectivity index (χ1v) is 30.3. The zero-order valence-electron chi connectivity index (χ0n) is 45.5. The molecule has 0 spiro atoms. The van der Waals surface area contributed by atoms with Crippen LogP contribution in [0.5, 0.6) is 51.7 Å². The number of thiophene rings is 3. The Bertz CT molecular complexity index is 3230. The number of hydrogen-bond donors (Lipinski definition) is 3. The number of aromatic nitrogens is 6. The van der Waals surface area contributed by atoms with E-state index in [9.17, 15) is 19.2 Å². The van der Waals surface area contributed by atoms with E-state index in [0.29, 0.717) is 101 Å². The van der Waals surface area contributed by atoms with Gasteiger partial charge in [-0.3, -0.25) is 35.1 Å². The zero-order valence-corrected chi connectivity index (χ0v) is 55.2. The Morgan fingerprint density at radius 3 is 0.819 bits per heavy atom. The van der Waals surface area contributed by atoms with Crippen molar-refractivity contribution in [3.63, 3.8) is 0 Å². The van der Waals surface area contributed by atoms with Crippen LogP contribution in [-0.4, -0.2) is 135 Å². The highest BCUT2D eigenvalue weighted by Gasteiger charge is 2.22. The van der Waals surface area contributed by atoms with Crippen LogP contribution in [0.1, 0.15) is 31.1 Å². The lowest BCUT2D eigenvalue weighted by atomic mass is 10.1. The molecular weight excluding hydrogens is 1390 g/mol. The number of amides is 4. The smallest absolute Gasteiger partial charge is 0.257 e. The summed E-state index contributed by atoms with van der Waals surface area (Å²) in [5, 5.41) is 9.44. The number of carbonyl (C=O) groups excluding carboxylic acids is 4. The van der Waals surface area contributed by atoms with E-state index < -0.39 is 0 Å². The Morgan fingerprint density at radius 2 is 0.651 bits per heavy atom. The molecule has 23 nitrogen and oxygen atoms in total. The summed E-state index contributed by atoms with van der Waals surface area (Å²) in [5.41, 5.74) is 1.07. The van der Waals surface area contributed by atoms with Crippen LogP contribution in [0.4, 0.5) is 15.4 Å². The van der Waals surface area contributed by atoms with Gasteiger partial charge in [-0.2, -0.15) is 28.1 Å². The standard InChI is InChI=1S/3C16H14BrN3O4S2.C3H7NO/c3*1-22-9-6-8(7-10(23-2)13(9)24-3)15(21)19-16-18-14(20-26-16)11-4-5-12(17)25-11;1-4(2)3-5/h3*4-7H,1-3H3,(H,18,19,20,21);3H,1-2H3. The minimum atomic E-state index is -0.348. The van der Waals surface area contributed by atoms with E-state index in [4.69, 9.17) is 42.6 Å². The van der Waals surface area contributed by atoms with Crippen molar-refractivity contribution in [3.05, 3.63) is 101 Å². The largest absolute Gasteiger partial charge is 0.493 e. The van der Waals surface area contributed by atoms with E-state index in [0.717, 1.165) is 67.0 Å². The van der Waals surface area contributed by atoms with Crippen molar-refractivity contribution in [3.8, 4) is 83.9 Å². The molecular formula is C51H49Br3N10O13S6. The summed E-state index contributed by atoms with van der Waals surface area (Å²) in [6.07, 6.45) is 0.750. The number of nitrogens with zero attached hydrogens (tertiary/aromatic N) is 7. The number of nitrogens with one attached hydrogen (secondary N) is 3. The third-order valence-corrected chi connectivity index (χ3v) is 17.1. The lowest BCUT2D eigenvalue weighted by Gasteiger charge is -2.13. The fourth-order valence-corrected chi connectivity index (χ4v) is 12.4. The highest BCUT2D eigenvalue weighted by atomic mass is 79.9. The molecule has 0 saturated carbocycles. The first kappa shape index (κ1) is 65.1. The molecule has 0 bridgehead atoms. The van der Waals surface area contributed by atoms with Gasteiger partial charge in [-0.05, 0) is 121 Å². The van der Waals surface area contributed by atoms with Gasteiger partial charge < -0.3 is 47.5 Å². The second-order valence-corrected chi connectivity index (χ2v) is 25.4. The molecule has 0 radical (unpaired) electrons. The van der Waals surface area contributed by atoms with Crippen LogP contribution in [0.3, 0.4) is 0 Å². The van der Waals surface area contributed by atoms with Crippen molar-refractivity contribution in [2.75, 3.05) is 94.0 Å². The van der Waals surface area contributed by atoms with Crippen LogP contribution < -0.4 is 58.6 Å². The number of anilines is 3. The molecule has 0 atom stereocenters. The molecule has 438 valence electrons. The molecule has 3 N–H and O–H groups in total. The van der Waals surface area contributed by atoms with Crippen LogP contribution >= 0.6 is 116 Å². The van der Waals surface area contributed by atoms with E-state index in [1.807, 2.05) is 36.4 Å². The summed E-state index contributed by atoms with van der Waals surface area (Å²) in [5.74, 6) is 4.36. The van der Waals surface area contributed by atoms with Gasteiger partial charge in [-0.1, -0.05) is 0 Å². The Hall–Kier alpha value is -7.04. The van der Waals surface area contributed by atoms with Gasteiger partial charge in [0.2, 0.25) is 39.1 Å². The second-order valence-electron chi connectivity index (χ2n) is 15.8. The van der Waals surface area contributed by atoms with Gasteiger partial charge in [0, 0.05) is 65.4 Å². The molecule has 0 unspecified atom stereocenters. The maximum Gasteiger partial charge on any atom is 0.257 e. The highest BCUT2D eigenvalue weighted by Crippen LogP contribution is 2.42. The van der Waals surface area contributed by atoms with Gasteiger partial charge in [0.15, 0.2) is 52.0 Å². The van der Waals surface area contributed by atoms with Crippen LogP contribution in [0, 0.1) is 0 Å². The number of carbonyl (C=O) groups is 4. The summed E-state index contributed by atoms with van der Waals surface area (Å²) < 4.78 is 63.2. The van der Waals surface area contributed by atoms with Gasteiger partial charge in [0.25, 0.3) is 17.7 Å². The molecule has 83 heavy (non-hydrogen) atoms. The van der Waals surface area contributed by atoms with Crippen LogP contribution in [0.25, 0.3) is 32.1 Å². The molecule has 6 heterocycles. The third kappa shape index (κ3) is 17.5. The number of ether oxygens (including phenoxy) is 9. The van der Waals surface area contributed by atoms with Gasteiger partial charge >= 0.3 is 0 Å². The lowest BCUT2D eigenvalue weighted by molar-refractivity contribution is -0.115. The first-order valence-electron chi connectivity index (χ1n) is 23.2. The fourth-order valence-electron chi connectivity index (χ4n) is 6.57. The van der Waals surface area contributed by atoms with Crippen molar-refractivity contribution in [2.24, 2.45) is 0 Å². The van der Waals surface area contributed by atoms with Gasteiger partial charge in [-0.15, -0.1) is 34.0 Å². The molecule has 4 amide bonds. The van der Waals surface area contributed by atoms with Gasteiger partial charge in [0.05, 0.1) is 90.0 Å². The van der Waals surface area contributed by atoms with Crippen LogP contribution in [-0.2, 0) is 4.79 Å². The van der Waals surface area contributed by atoms with Crippen molar-refractivity contribution in [2.45, 2.75) is 0 Å². The highest BCUT2D eigenvalue weighted by molar-refractivity contribution is 9.11. The maximum atomic E-state index is 12.6. The average molecular weight is 1440 g/mol. The fraction of sp³-hybridized carbons (Fsp3) is 0.216. The number of benzene rings is 3. The zero-order chi connectivity index (χ0) is 60.3. The second kappa shape index (κ2) is 31.6. The van der Waals surface area contributed by atoms with E-state index in [-0.39, 0.29) is 17.7 Å². The first-order chi connectivity index (χ1) is 39.9. The predicted octanol–water partition coefficient (Wildman–Crippen LogP) is 12.6. The molecule has 0 aliphatic carbocycles. The minimum Gasteiger partial charge on any atom is -0.493 e. The summed E-state index contributed by atoms with van der Waals surface area (Å²) in [6.45, 7) is 0. The molecule has 9 rings (SSSR count). The molecule has 0 aliphatic rings. The summed E-state index contributed by atoms with van der Waals surface area (Å²) in [4.78, 5) is 64.4. The molecule has 6 aromatic heterocycles. The van der Waals surface area contributed by atoms with E-state index in [1.165, 1.54) is 103 Å². The molecule has 0 aliphatic heterocycles. The molecule has 3 aromatic carbocycles. The van der Waals surface area contributed by atoms with E-state index in [1.54, 1.807) is 50.5 Å². The topological polar surface area (TPSA) is 268 Å². The Morgan fingerprint density at radius 1 is 0.422 bits per heavy atom. The van der Waals surface area contributed by atoms with Crippen LogP contribution in [0.2, 0.25) is 0 Å². The van der Waals surface area contributed by atoms with E-state index >= 15 is 0 Å². The van der Waals surface area contributed by atoms with Crippen molar-refractivity contribution in [1.29, 1.82) is 0 Å². The molecule has 32 heteroatoms. The Balaban J connectivity index is 0.000000192. The number of methoxy groups -OCH3 is 9. The average Bonchev–Trinajstić information content (AvgIpc) is 4.55. The molecule has 0 fully saturated rings. The van der Waals surface area contributed by atoms with Crippen LogP contribution in [0.15, 0.2) is 84.2 Å². The summed E-state index contributed by atoms with van der Waals surface area (Å²) in [6, 6.07) is 21.0. The number of halogens is 3. The van der Waals surface area contributed by atoms with Gasteiger partial charge in [0.1, 0.15) is 0 Å². The minimum absolute atomic E-state index is 0.348. The predicted molar refractivity (Wildman–Crippen MR) is 335 cm³/mol. The van der Waals surface area contributed by atoms with Crippen molar-refractivity contribution in [1.82, 2.24) is 33.0 Å². The van der Waals surface area contributed by atoms with E-state index in [2.05, 4.69) is 91.8 Å². The number of rotatable bonds is 19. The molecule has 9 aromatic rings. The van der Waals surface area contributed by atoms with Crippen molar-refractivity contribution < 1.29 is 61.8 Å². The molecule has 0 saturated heterocycles. The summed E-state index contributed by atoms with van der Waals surface area (Å²) >= 11 is 18.1. The SMILES string of the molecule is CN(C)C=O.COc1cc(C(=O)Nc2nc(-c3ccc(Br)s3)ns2)cc(OC)c1OC.COc1cc(C(=O)Nc2nc(-c3ccc(Br)s3)ns2)cc(OC)c1OC.COc1cc(C(=O)Nc2nc(-c3ccc(Br)s3)ns2)cc(OC)c1OC. The normalized spacial score (nSPS) is 10.2. The third-order valence-electron chi connectivity index (χ3n) is 10.3. The number of hydrogen-bond acceptors (Lipinski definition) is 25. The van der Waals surface area contributed by atoms with Gasteiger partial charge in [-0.25, -0.2) is 0 Å².